The van der Waals surface area contributed by atoms with Crippen molar-refractivity contribution < 1.29 is 22.7 Å². The molecule has 0 bridgehead atoms. The zero-order valence-corrected chi connectivity index (χ0v) is 12.2. The highest BCUT2D eigenvalue weighted by molar-refractivity contribution is 7.89. The van der Waals surface area contributed by atoms with Crippen LogP contribution in [0.3, 0.4) is 0 Å². The summed E-state index contributed by atoms with van der Waals surface area (Å²) in [4.78, 5) is 11.0. The van der Waals surface area contributed by atoms with Crippen LogP contribution in [0, 0.1) is 0 Å². The van der Waals surface area contributed by atoms with Crippen molar-refractivity contribution in [2.75, 3.05) is 33.1 Å². The monoisotopic (exact) mass is 294 g/mol. The van der Waals surface area contributed by atoms with E-state index in [-0.39, 0.29) is 30.9 Å². The first kappa shape index (κ1) is 16.4. The Balaban J connectivity index is 2.68. The predicted molar refractivity (Wildman–Crippen MR) is 70.0 cm³/mol. The number of carbonyl (C=O) groups is 1. The van der Waals surface area contributed by atoms with Crippen LogP contribution in [0.4, 0.5) is 0 Å². The first-order chi connectivity index (χ1) is 8.94. The van der Waals surface area contributed by atoms with Gasteiger partial charge in [0, 0.05) is 26.2 Å². The molecule has 0 radical (unpaired) electrons. The second-order valence-corrected chi connectivity index (χ2v) is 6.57. The van der Waals surface area contributed by atoms with Crippen molar-refractivity contribution in [3.63, 3.8) is 0 Å². The highest BCUT2D eigenvalue weighted by Gasteiger charge is 2.35. The molecule has 7 nitrogen and oxygen atoms in total. The van der Waals surface area contributed by atoms with Gasteiger partial charge in [0.25, 0.3) is 0 Å². The molecule has 0 saturated carbocycles. The average molecular weight is 294 g/mol. The van der Waals surface area contributed by atoms with Crippen molar-refractivity contribution in [1.29, 1.82) is 0 Å². The summed E-state index contributed by atoms with van der Waals surface area (Å²) >= 11 is 0. The molecule has 2 atom stereocenters. The van der Waals surface area contributed by atoms with E-state index in [0.717, 1.165) is 0 Å². The minimum Gasteiger partial charge on any atom is -0.469 e. The lowest BCUT2D eigenvalue weighted by molar-refractivity contribution is -0.140. The maximum atomic E-state index is 12.2. The molecule has 0 aliphatic carbocycles. The number of hydrogen-bond acceptors (Lipinski definition) is 6. The molecule has 112 valence electrons. The quantitative estimate of drug-likeness (QED) is 0.652. The van der Waals surface area contributed by atoms with Crippen LogP contribution in [0.5, 0.6) is 0 Å². The van der Waals surface area contributed by atoms with E-state index in [0.29, 0.717) is 19.4 Å². The zero-order chi connectivity index (χ0) is 14.5. The zero-order valence-electron chi connectivity index (χ0n) is 11.4. The highest BCUT2D eigenvalue weighted by Crippen LogP contribution is 2.22. The van der Waals surface area contributed by atoms with Crippen molar-refractivity contribution >= 4 is 16.0 Å². The third-order valence-corrected chi connectivity index (χ3v) is 5.28. The lowest BCUT2D eigenvalue weighted by atomic mass is 10.0. The number of nitrogens with zero attached hydrogens (tertiary/aromatic N) is 1. The molecule has 0 spiro atoms. The number of rotatable bonds is 6. The minimum absolute atomic E-state index is 0.0422. The first-order valence-corrected chi connectivity index (χ1v) is 7.84. The molecule has 1 aliphatic heterocycles. The van der Waals surface area contributed by atoms with Gasteiger partial charge in [0.05, 0.1) is 25.4 Å². The number of methoxy groups -OCH3 is 2. The fourth-order valence-corrected chi connectivity index (χ4v) is 3.89. The van der Waals surface area contributed by atoms with E-state index in [1.165, 1.54) is 11.4 Å². The van der Waals surface area contributed by atoms with E-state index in [4.69, 9.17) is 10.5 Å². The molecule has 1 rings (SSSR count). The van der Waals surface area contributed by atoms with Gasteiger partial charge in [-0.15, -0.1) is 0 Å². The van der Waals surface area contributed by atoms with Crippen molar-refractivity contribution in [2.45, 2.75) is 31.4 Å². The third kappa shape index (κ3) is 4.41. The summed E-state index contributed by atoms with van der Waals surface area (Å²) in [5.41, 5.74) is 5.64. The largest absolute Gasteiger partial charge is 0.469 e. The maximum absolute atomic E-state index is 12.2. The van der Waals surface area contributed by atoms with Gasteiger partial charge in [0.1, 0.15) is 0 Å². The van der Waals surface area contributed by atoms with Crippen LogP contribution in [0.1, 0.15) is 19.3 Å². The van der Waals surface area contributed by atoms with Gasteiger partial charge in [-0.2, -0.15) is 4.31 Å². The van der Waals surface area contributed by atoms with Crippen LogP contribution in [-0.4, -0.2) is 63.9 Å². The second-order valence-electron chi connectivity index (χ2n) is 4.52. The molecule has 0 aromatic carbocycles. The topological polar surface area (TPSA) is 98.9 Å². The summed E-state index contributed by atoms with van der Waals surface area (Å²) in [5, 5.41) is 0. The van der Waals surface area contributed by atoms with Crippen molar-refractivity contribution in [3.8, 4) is 0 Å². The smallest absolute Gasteiger partial charge is 0.306 e. The van der Waals surface area contributed by atoms with E-state index in [9.17, 15) is 13.2 Å². The van der Waals surface area contributed by atoms with Crippen LogP contribution < -0.4 is 5.73 Å². The van der Waals surface area contributed by atoms with Gasteiger partial charge in [-0.1, -0.05) is 0 Å². The Bertz CT molecular complexity index is 398. The number of carbonyl (C=O) groups excluding carboxylic acids is 1. The summed E-state index contributed by atoms with van der Waals surface area (Å²) in [6.45, 7) is 0.626. The fraction of sp³-hybridized carbons (Fsp3) is 0.909. The molecule has 19 heavy (non-hydrogen) atoms. The normalized spacial score (nSPS) is 25.2. The number of esters is 1. The fourth-order valence-electron chi connectivity index (χ4n) is 2.22. The molecule has 0 amide bonds. The Morgan fingerprint density at radius 3 is 2.63 bits per heavy atom. The van der Waals surface area contributed by atoms with Crippen LogP contribution in [0.15, 0.2) is 0 Å². The van der Waals surface area contributed by atoms with Crippen LogP contribution in [0.2, 0.25) is 0 Å². The van der Waals surface area contributed by atoms with Gasteiger partial charge in [0.15, 0.2) is 0 Å². The molecule has 8 heteroatoms. The highest BCUT2D eigenvalue weighted by atomic mass is 32.2. The Morgan fingerprint density at radius 2 is 2.11 bits per heavy atom. The number of nitrogens with two attached hydrogens (primary N) is 1. The molecule has 1 heterocycles. The summed E-state index contributed by atoms with van der Waals surface area (Å²) in [5.74, 6) is -0.770. The average Bonchev–Trinajstić information content (AvgIpc) is 2.43. The van der Waals surface area contributed by atoms with Crippen molar-refractivity contribution in [1.82, 2.24) is 4.31 Å². The van der Waals surface area contributed by atoms with E-state index in [1.807, 2.05) is 0 Å². The summed E-state index contributed by atoms with van der Waals surface area (Å²) in [6.07, 6.45) is 1.13. The number of piperidine rings is 1. The lowest BCUT2D eigenvalue weighted by Crippen LogP contribution is -2.51. The molecular formula is C11H22N2O5S. The predicted octanol–water partition coefficient (Wildman–Crippen LogP) is -0.683. The molecule has 1 fully saturated rings. The van der Waals surface area contributed by atoms with Gasteiger partial charge >= 0.3 is 5.97 Å². The van der Waals surface area contributed by atoms with E-state index < -0.39 is 16.0 Å². The second kappa shape index (κ2) is 7.18. The summed E-state index contributed by atoms with van der Waals surface area (Å²) < 4.78 is 35.5. The Kier molecular flexibility index (Phi) is 6.18. The van der Waals surface area contributed by atoms with Crippen LogP contribution >= 0.6 is 0 Å². The van der Waals surface area contributed by atoms with Crippen LogP contribution in [0.25, 0.3) is 0 Å². The minimum atomic E-state index is -3.48. The molecule has 1 aliphatic rings. The number of sulfonamides is 1. The van der Waals surface area contributed by atoms with E-state index in [1.54, 1.807) is 7.11 Å². The Labute approximate surface area is 114 Å². The van der Waals surface area contributed by atoms with Gasteiger partial charge in [-0.3, -0.25) is 4.79 Å². The summed E-state index contributed by atoms with van der Waals surface area (Å²) in [6, 6.07) is -0.263. The van der Waals surface area contributed by atoms with E-state index in [2.05, 4.69) is 4.74 Å². The first-order valence-electron chi connectivity index (χ1n) is 6.23. The van der Waals surface area contributed by atoms with Gasteiger partial charge in [0.2, 0.25) is 10.0 Å². The molecule has 0 aromatic heterocycles. The number of ether oxygens (including phenoxy) is 2. The summed E-state index contributed by atoms with van der Waals surface area (Å²) in [7, 11) is -0.636. The SMILES string of the molecule is COC(=O)CCS(=O)(=O)N1CCC(OC)CC1CN. The Hall–Kier alpha value is -0.700. The number of hydrogen-bond donors (Lipinski definition) is 1. The van der Waals surface area contributed by atoms with Gasteiger partial charge < -0.3 is 15.2 Å². The third-order valence-electron chi connectivity index (χ3n) is 3.37. The lowest BCUT2D eigenvalue weighted by Gasteiger charge is -2.37. The van der Waals surface area contributed by atoms with Crippen LogP contribution in [-0.2, 0) is 24.3 Å². The van der Waals surface area contributed by atoms with Gasteiger partial charge in [-0.25, -0.2) is 8.42 Å². The van der Waals surface area contributed by atoms with Crippen molar-refractivity contribution in [2.24, 2.45) is 5.73 Å². The van der Waals surface area contributed by atoms with Gasteiger partial charge in [-0.05, 0) is 12.8 Å². The molecule has 0 aromatic rings. The maximum Gasteiger partial charge on any atom is 0.306 e. The van der Waals surface area contributed by atoms with E-state index >= 15 is 0 Å². The molecule has 2 N–H and O–H groups in total. The van der Waals surface area contributed by atoms with Crippen molar-refractivity contribution in [3.05, 3.63) is 0 Å². The molecular weight excluding hydrogens is 272 g/mol. The Morgan fingerprint density at radius 1 is 1.42 bits per heavy atom. The molecule has 2 unspecified atom stereocenters. The standard InChI is InChI=1S/C11H22N2O5S/c1-17-10-3-5-13(9(7-10)8-12)19(15,16)6-4-11(14)18-2/h9-10H,3-8,12H2,1-2H3. The molecule has 1 saturated heterocycles.